The summed E-state index contributed by atoms with van der Waals surface area (Å²) in [6.07, 6.45) is 2.07. The predicted molar refractivity (Wildman–Crippen MR) is 107 cm³/mol. The average molecular weight is 415 g/mol. The first-order valence-corrected chi connectivity index (χ1v) is 9.34. The number of aromatic nitrogens is 1. The molecule has 0 aliphatic carbocycles. The highest BCUT2D eigenvalue weighted by molar-refractivity contribution is 5.90. The molecule has 5 N–H and O–H groups in total. The molecule has 30 heavy (non-hydrogen) atoms. The Balaban J connectivity index is 1.62. The van der Waals surface area contributed by atoms with Crippen molar-refractivity contribution >= 4 is 23.8 Å². The molecule has 9 nitrogen and oxygen atoms in total. The maximum Gasteiger partial charge on any atom is 0.414 e. The van der Waals surface area contributed by atoms with Crippen LogP contribution < -0.4 is 16.0 Å². The number of nitrogens with zero attached hydrogens (tertiary/aromatic N) is 2. The van der Waals surface area contributed by atoms with Gasteiger partial charge in [-0.15, -0.1) is 0 Å². The number of guanidine groups is 1. The van der Waals surface area contributed by atoms with E-state index in [2.05, 4.69) is 4.98 Å². The van der Waals surface area contributed by atoms with Crippen LogP contribution in [0.5, 0.6) is 0 Å². The molecule has 1 saturated heterocycles. The lowest BCUT2D eigenvalue weighted by Crippen LogP contribution is -2.36. The number of piperidine rings is 1. The number of amides is 1. The molecule has 1 amide bonds. The van der Waals surface area contributed by atoms with Crippen molar-refractivity contribution < 1.29 is 23.8 Å². The fraction of sp³-hybridized carbons (Fsp3) is 0.300. The van der Waals surface area contributed by atoms with Crippen LogP contribution in [-0.4, -0.2) is 41.2 Å². The summed E-state index contributed by atoms with van der Waals surface area (Å²) in [5.41, 5.74) is 6.52. The molecule has 2 aromatic rings. The first kappa shape index (κ1) is 21.0. The highest BCUT2D eigenvalue weighted by atomic mass is 19.1. The number of benzene rings is 1. The number of nitrogens with two attached hydrogens (primary N) is 1. The minimum atomic E-state index is -0.958. The van der Waals surface area contributed by atoms with Gasteiger partial charge in [-0.05, 0) is 42.5 Å². The van der Waals surface area contributed by atoms with Crippen LogP contribution in [0.2, 0.25) is 0 Å². The summed E-state index contributed by atoms with van der Waals surface area (Å²) in [6, 6.07) is 8.27. The molecule has 1 aliphatic heterocycles. The van der Waals surface area contributed by atoms with Gasteiger partial charge in [0, 0.05) is 24.8 Å². The van der Waals surface area contributed by atoms with E-state index in [1.807, 2.05) is 22.3 Å². The van der Waals surface area contributed by atoms with Gasteiger partial charge < -0.3 is 20.5 Å². The number of carbonyl (C=O) groups is 2. The van der Waals surface area contributed by atoms with E-state index in [4.69, 9.17) is 21.0 Å². The number of carboxylic acids is 1. The van der Waals surface area contributed by atoms with Gasteiger partial charge in [0.25, 0.3) is 0 Å². The van der Waals surface area contributed by atoms with Crippen molar-refractivity contribution in [3.8, 4) is 0 Å². The zero-order chi connectivity index (χ0) is 21.7. The molecule has 0 unspecified atom stereocenters. The van der Waals surface area contributed by atoms with Gasteiger partial charge >= 0.3 is 12.1 Å². The quantitative estimate of drug-likeness (QED) is 0.434. The molecule has 1 aromatic carbocycles. The van der Waals surface area contributed by atoms with Gasteiger partial charge in [-0.3, -0.25) is 10.7 Å². The van der Waals surface area contributed by atoms with Crippen LogP contribution in [0.25, 0.3) is 0 Å². The number of halogens is 1. The van der Waals surface area contributed by atoms with Gasteiger partial charge in [-0.25, -0.2) is 19.0 Å². The van der Waals surface area contributed by atoms with E-state index in [1.165, 1.54) is 12.3 Å². The van der Waals surface area contributed by atoms with Crippen molar-refractivity contribution in [2.24, 2.45) is 5.73 Å². The van der Waals surface area contributed by atoms with E-state index in [0.717, 1.165) is 18.4 Å². The van der Waals surface area contributed by atoms with Crippen LogP contribution >= 0.6 is 0 Å². The molecule has 10 heteroatoms. The number of carbonyl (C=O) groups excluding carboxylic acids is 1. The van der Waals surface area contributed by atoms with Gasteiger partial charge in [-0.2, -0.15) is 0 Å². The first-order chi connectivity index (χ1) is 14.3. The Bertz CT molecular complexity index is 943. The fourth-order valence-electron chi connectivity index (χ4n) is 3.42. The standard InChI is InChI=1S/C20H22FN5O4/c21-16-15(11-30-20(29)25-19(22)23)5-8-24-17(16)26-9-6-13(7-10-26)12-1-3-14(4-2-12)18(27)28/h1-5,8,13H,6-7,9-11H2,(H,27,28)(H4,22,23,25,29). The van der Waals surface area contributed by atoms with E-state index >= 15 is 0 Å². The lowest BCUT2D eigenvalue weighted by molar-refractivity contribution is 0.0696. The number of hydrogen-bond acceptors (Lipinski definition) is 6. The predicted octanol–water partition coefficient (Wildman–Crippen LogP) is 2.42. The van der Waals surface area contributed by atoms with Crippen molar-refractivity contribution in [3.63, 3.8) is 0 Å². The van der Waals surface area contributed by atoms with E-state index in [1.54, 1.807) is 12.1 Å². The zero-order valence-corrected chi connectivity index (χ0v) is 16.1. The third-order valence-electron chi connectivity index (χ3n) is 4.97. The third kappa shape index (κ3) is 5.02. The normalized spacial score (nSPS) is 14.2. The average Bonchev–Trinajstić information content (AvgIpc) is 2.73. The zero-order valence-electron chi connectivity index (χ0n) is 16.1. The molecule has 1 aromatic heterocycles. The van der Waals surface area contributed by atoms with Gasteiger partial charge in [0.1, 0.15) is 6.61 Å². The molecule has 2 heterocycles. The number of aromatic carboxylic acids is 1. The number of carboxylic acid groups (broad SMARTS) is 1. The van der Waals surface area contributed by atoms with E-state index < -0.39 is 23.8 Å². The summed E-state index contributed by atoms with van der Waals surface area (Å²) in [6.45, 7) is 0.863. The molecule has 1 aliphatic rings. The van der Waals surface area contributed by atoms with Gasteiger partial charge in [0.15, 0.2) is 17.6 Å². The monoisotopic (exact) mass is 415 g/mol. The van der Waals surface area contributed by atoms with E-state index in [0.29, 0.717) is 13.1 Å². The molecule has 3 rings (SSSR count). The Morgan fingerprint density at radius 1 is 1.27 bits per heavy atom. The van der Waals surface area contributed by atoms with Crippen molar-refractivity contribution in [3.05, 3.63) is 59.0 Å². The number of pyridine rings is 1. The second-order valence-corrected chi connectivity index (χ2v) is 6.91. The van der Waals surface area contributed by atoms with Crippen LogP contribution in [0.4, 0.5) is 15.0 Å². The summed E-state index contributed by atoms with van der Waals surface area (Å²) in [5, 5.41) is 17.9. The highest BCUT2D eigenvalue weighted by Crippen LogP contribution is 2.31. The molecule has 0 bridgehead atoms. The van der Waals surface area contributed by atoms with Crippen molar-refractivity contribution in [1.82, 2.24) is 10.3 Å². The van der Waals surface area contributed by atoms with Crippen LogP contribution in [0.15, 0.2) is 36.5 Å². The Labute approximate surface area is 172 Å². The Hall–Kier alpha value is -3.69. The Morgan fingerprint density at radius 2 is 1.93 bits per heavy atom. The van der Waals surface area contributed by atoms with Crippen molar-refractivity contribution in [1.29, 1.82) is 5.41 Å². The van der Waals surface area contributed by atoms with Crippen LogP contribution in [0, 0.1) is 11.2 Å². The molecule has 1 fully saturated rings. The molecule has 158 valence electrons. The lowest BCUT2D eigenvalue weighted by Gasteiger charge is -2.33. The van der Waals surface area contributed by atoms with Gasteiger partial charge in [0.2, 0.25) is 0 Å². The molecular formula is C20H22FN5O4. The van der Waals surface area contributed by atoms with Gasteiger partial charge in [0.05, 0.1) is 5.56 Å². The number of hydrogen-bond donors (Lipinski definition) is 4. The fourth-order valence-corrected chi connectivity index (χ4v) is 3.42. The van der Waals surface area contributed by atoms with E-state index in [-0.39, 0.29) is 29.5 Å². The Morgan fingerprint density at radius 3 is 2.53 bits per heavy atom. The van der Waals surface area contributed by atoms with Crippen molar-refractivity contribution in [2.45, 2.75) is 25.4 Å². The largest absolute Gasteiger partial charge is 0.478 e. The number of nitrogens with one attached hydrogen (secondary N) is 2. The second-order valence-electron chi connectivity index (χ2n) is 6.91. The summed E-state index contributed by atoms with van der Waals surface area (Å²) in [7, 11) is 0. The molecule has 0 spiro atoms. The third-order valence-corrected chi connectivity index (χ3v) is 4.97. The topological polar surface area (TPSA) is 142 Å². The van der Waals surface area contributed by atoms with Crippen LogP contribution in [0.1, 0.15) is 40.2 Å². The minimum absolute atomic E-state index is 0.171. The maximum atomic E-state index is 14.9. The van der Waals surface area contributed by atoms with E-state index in [9.17, 15) is 14.0 Å². The highest BCUT2D eigenvalue weighted by Gasteiger charge is 2.24. The van der Waals surface area contributed by atoms with Gasteiger partial charge in [-0.1, -0.05) is 12.1 Å². The first-order valence-electron chi connectivity index (χ1n) is 9.34. The van der Waals surface area contributed by atoms with Crippen molar-refractivity contribution in [2.75, 3.05) is 18.0 Å². The summed E-state index contributed by atoms with van der Waals surface area (Å²) in [4.78, 5) is 28.4. The van der Waals surface area contributed by atoms with Crippen LogP contribution in [0.3, 0.4) is 0 Å². The Kier molecular flexibility index (Phi) is 6.45. The summed E-state index contributed by atoms with van der Waals surface area (Å²) in [5.74, 6) is -1.62. The number of ether oxygens (including phenoxy) is 1. The second kappa shape index (κ2) is 9.21. The number of alkyl carbamates (subject to hydrolysis) is 1. The number of rotatable bonds is 5. The maximum absolute atomic E-state index is 14.9. The number of anilines is 1. The molecule has 0 saturated carbocycles. The summed E-state index contributed by atoms with van der Waals surface area (Å²) < 4.78 is 19.7. The minimum Gasteiger partial charge on any atom is -0.478 e. The summed E-state index contributed by atoms with van der Waals surface area (Å²) >= 11 is 0. The molecule has 0 radical (unpaired) electrons. The van der Waals surface area contributed by atoms with Crippen LogP contribution in [-0.2, 0) is 11.3 Å². The molecule has 0 atom stereocenters. The smallest absolute Gasteiger partial charge is 0.414 e. The SMILES string of the molecule is N=C(N)NC(=O)OCc1ccnc(N2CCC(c3ccc(C(=O)O)cc3)CC2)c1F. The lowest BCUT2D eigenvalue weighted by atomic mass is 9.89. The molecular weight excluding hydrogens is 393 g/mol.